The van der Waals surface area contributed by atoms with Crippen LogP contribution in [0.15, 0.2) is 0 Å². The number of aliphatic hydroxyl groups excluding tert-OH is 1. The Bertz CT molecular complexity index is 309. The van der Waals surface area contributed by atoms with Gasteiger partial charge in [0, 0.05) is 13.2 Å². The topological polar surface area (TPSA) is 75.6 Å². The van der Waals surface area contributed by atoms with Crippen molar-refractivity contribution in [2.24, 2.45) is 5.92 Å². The fraction of sp³-hybridized carbons (Fsp3) is 1.00. The Morgan fingerprint density at radius 1 is 1.47 bits per heavy atom. The summed E-state index contributed by atoms with van der Waals surface area (Å²) in [7, 11) is -3.33. The Morgan fingerprint density at radius 2 is 2.18 bits per heavy atom. The van der Waals surface area contributed by atoms with Crippen molar-refractivity contribution >= 4 is 10.0 Å². The van der Waals surface area contributed by atoms with Gasteiger partial charge in [-0.05, 0) is 25.2 Å². The molecule has 0 aromatic rings. The molecule has 1 aliphatic heterocycles. The lowest BCUT2D eigenvalue weighted by atomic mass is 10.1. The van der Waals surface area contributed by atoms with Gasteiger partial charge in [-0.2, -0.15) is 0 Å². The van der Waals surface area contributed by atoms with Crippen molar-refractivity contribution in [3.05, 3.63) is 0 Å². The molecule has 6 heteroatoms. The van der Waals surface area contributed by atoms with E-state index in [2.05, 4.69) is 4.72 Å². The summed E-state index contributed by atoms with van der Waals surface area (Å²) >= 11 is 0. The molecule has 0 aromatic carbocycles. The van der Waals surface area contributed by atoms with Gasteiger partial charge in [-0.1, -0.05) is 13.8 Å². The highest BCUT2D eigenvalue weighted by molar-refractivity contribution is 7.89. The van der Waals surface area contributed by atoms with E-state index in [4.69, 9.17) is 4.74 Å². The van der Waals surface area contributed by atoms with Gasteiger partial charge >= 0.3 is 0 Å². The van der Waals surface area contributed by atoms with Crippen molar-refractivity contribution in [2.45, 2.75) is 45.3 Å². The normalized spacial score (nSPS) is 23.2. The molecule has 1 heterocycles. The predicted molar refractivity (Wildman–Crippen MR) is 66.2 cm³/mol. The molecular formula is C11H23NO4S. The number of nitrogens with one attached hydrogen (secondary N) is 1. The first-order valence-electron chi connectivity index (χ1n) is 6.16. The molecule has 0 aliphatic carbocycles. The lowest BCUT2D eigenvalue weighted by Crippen LogP contribution is -2.37. The van der Waals surface area contributed by atoms with Crippen LogP contribution in [0.1, 0.15) is 33.1 Å². The summed E-state index contributed by atoms with van der Waals surface area (Å²) in [5.74, 6) is 0.356. The molecule has 2 N–H and O–H groups in total. The average Bonchev–Trinajstić information content (AvgIpc) is 2.66. The standard InChI is InChI=1S/C11H23NO4S/c1-9(2)6-10(13)7-12-17(14,15)8-11-4-3-5-16-11/h9-13H,3-8H2,1-2H3. The molecule has 17 heavy (non-hydrogen) atoms. The van der Waals surface area contributed by atoms with Gasteiger partial charge in [0.1, 0.15) is 0 Å². The van der Waals surface area contributed by atoms with Crippen LogP contribution in [-0.4, -0.2) is 44.6 Å². The van der Waals surface area contributed by atoms with Gasteiger partial charge in [0.05, 0.1) is 18.0 Å². The molecule has 1 rings (SSSR count). The fourth-order valence-electron chi connectivity index (χ4n) is 1.93. The van der Waals surface area contributed by atoms with E-state index in [1.54, 1.807) is 0 Å². The average molecular weight is 265 g/mol. The van der Waals surface area contributed by atoms with Crippen molar-refractivity contribution in [3.63, 3.8) is 0 Å². The first-order valence-corrected chi connectivity index (χ1v) is 7.81. The highest BCUT2D eigenvalue weighted by Crippen LogP contribution is 2.13. The van der Waals surface area contributed by atoms with Crippen molar-refractivity contribution in [1.29, 1.82) is 0 Å². The van der Waals surface area contributed by atoms with Gasteiger partial charge in [-0.25, -0.2) is 13.1 Å². The maximum Gasteiger partial charge on any atom is 0.214 e. The van der Waals surface area contributed by atoms with Crippen LogP contribution in [0.3, 0.4) is 0 Å². The molecule has 0 saturated carbocycles. The molecule has 1 saturated heterocycles. The van der Waals surface area contributed by atoms with Gasteiger partial charge in [0.2, 0.25) is 10.0 Å². The van der Waals surface area contributed by atoms with Crippen LogP contribution < -0.4 is 4.72 Å². The Kier molecular flexibility index (Phi) is 5.85. The molecule has 1 fully saturated rings. The highest BCUT2D eigenvalue weighted by atomic mass is 32.2. The Balaban J connectivity index is 2.28. The molecule has 5 nitrogen and oxygen atoms in total. The minimum atomic E-state index is -3.33. The van der Waals surface area contributed by atoms with Gasteiger partial charge in [0.15, 0.2) is 0 Å². The molecular weight excluding hydrogens is 242 g/mol. The number of rotatable bonds is 7. The number of ether oxygens (including phenoxy) is 1. The summed E-state index contributed by atoms with van der Waals surface area (Å²) in [5, 5.41) is 9.59. The first-order chi connectivity index (χ1) is 7.89. The van der Waals surface area contributed by atoms with Gasteiger partial charge in [0.25, 0.3) is 0 Å². The lowest BCUT2D eigenvalue weighted by molar-refractivity contribution is 0.126. The van der Waals surface area contributed by atoms with Gasteiger partial charge in [-0.15, -0.1) is 0 Å². The third-order valence-corrected chi connectivity index (χ3v) is 4.13. The summed E-state index contributed by atoms with van der Waals surface area (Å²) in [6.07, 6.45) is 1.53. The van der Waals surface area contributed by atoms with Crippen molar-refractivity contribution < 1.29 is 18.3 Å². The minimum absolute atomic E-state index is 0.00139. The zero-order valence-electron chi connectivity index (χ0n) is 10.6. The number of sulfonamides is 1. The van der Waals surface area contributed by atoms with Crippen LogP contribution >= 0.6 is 0 Å². The van der Waals surface area contributed by atoms with Crippen LogP contribution in [0.25, 0.3) is 0 Å². The van der Waals surface area contributed by atoms with E-state index in [-0.39, 0.29) is 18.4 Å². The molecule has 1 aliphatic rings. The predicted octanol–water partition coefficient (Wildman–Crippen LogP) is 0.492. The van der Waals surface area contributed by atoms with Crippen LogP contribution in [-0.2, 0) is 14.8 Å². The van der Waals surface area contributed by atoms with Crippen LogP contribution in [0, 0.1) is 5.92 Å². The Hall–Kier alpha value is -0.170. The quantitative estimate of drug-likeness (QED) is 0.702. The maximum absolute atomic E-state index is 11.7. The number of hydrogen-bond donors (Lipinski definition) is 2. The third-order valence-electron chi connectivity index (χ3n) is 2.71. The van der Waals surface area contributed by atoms with E-state index in [1.807, 2.05) is 13.8 Å². The van der Waals surface area contributed by atoms with E-state index in [1.165, 1.54) is 0 Å². The molecule has 102 valence electrons. The monoisotopic (exact) mass is 265 g/mol. The van der Waals surface area contributed by atoms with E-state index >= 15 is 0 Å². The summed E-state index contributed by atoms with van der Waals surface area (Å²) in [5.41, 5.74) is 0. The lowest BCUT2D eigenvalue weighted by Gasteiger charge is -2.15. The van der Waals surface area contributed by atoms with Crippen molar-refractivity contribution in [2.75, 3.05) is 18.9 Å². The van der Waals surface area contributed by atoms with E-state index in [0.29, 0.717) is 18.9 Å². The van der Waals surface area contributed by atoms with Crippen LogP contribution in [0.5, 0.6) is 0 Å². The van der Waals surface area contributed by atoms with Gasteiger partial charge < -0.3 is 9.84 Å². The van der Waals surface area contributed by atoms with E-state index < -0.39 is 16.1 Å². The van der Waals surface area contributed by atoms with Crippen molar-refractivity contribution in [3.8, 4) is 0 Å². The van der Waals surface area contributed by atoms with Crippen LogP contribution in [0.2, 0.25) is 0 Å². The Labute approximate surface area is 104 Å². The second-order valence-electron chi connectivity index (χ2n) is 5.05. The zero-order valence-corrected chi connectivity index (χ0v) is 11.4. The fourth-order valence-corrected chi connectivity index (χ4v) is 3.25. The third kappa shape index (κ3) is 6.35. The zero-order chi connectivity index (χ0) is 12.9. The SMILES string of the molecule is CC(C)CC(O)CNS(=O)(=O)CC1CCCO1. The highest BCUT2D eigenvalue weighted by Gasteiger charge is 2.23. The smallest absolute Gasteiger partial charge is 0.214 e. The first kappa shape index (κ1) is 14.9. The molecule has 0 radical (unpaired) electrons. The maximum atomic E-state index is 11.7. The van der Waals surface area contributed by atoms with Crippen molar-refractivity contribution in [1.82, 2.24) is 4.72 Å². The number of aliphatic hydroxyl groups is 1. The molecule has 0 aromatic heterocycles. The van der Waals surface area contributed by atoms with Crippen LogP contribution in [0.4, 0.5) is 0 Å². The molecule has 0 bridgehead atoms. The Morgan fingerprint density at radius 3 is 2.71 bits per heavy atom. The summed E-state index contributed by atoms with van der Waals surface area (Å²) in [6, 6.07) is 0. The molecule has 2 unspecified atom stereocenters. The molecule has 0 amide bonds. The van der Waals surface area contributed by atoms with Gasteiger partial charge in [-0.3, -0.25) is 0 Å². The minimum Gasteiger partial charge on any atom is -0.392 e. The second kappa shape index (κ2) is 6.68. The summed E-state index contributed by atoms with van der Waals surface area (Å²) in [6.45, 7) is 4.72. The van der Waals surface area contributed by atoms with E-state index in [9.17, 15) is 13.5 Å². The summed E-state index contributed by atoms with van der Waals surface area (Å²) in [4.78, 5) is 0. The molecule has 0 spiro atoms. The number of hydrogen-bond acceptors (Lipinski definition) is 4. The second-order valence-corrected chi connectivity index (χ2v) is 6.90. The molecule has 2 atom stereocenters. The summed E-state index contributed by atoms with van der Waals surface area (Å²) < 4.78 is 31.1. The largest absolute Gasteiger partial charge is 0.392 e. The van der Waals surface area contributed by atoms with E-state index in [0.717, 1.165) is 12.8 Å².